The summed E-state index contributed by atoms with van der Waals surface area (Å²) in [6.45, 7) is 1.92. The van der Waals surface area contributed by atoms with Gasteiger partial charge in [-0.25, -0.2) is 0 Å². The van der Waals surface area contributed by atoms with E-state index in [2.05, 4.69) is 0 Å². The third-order valence-electron chi connectivity index (χ3n) is 3.19. The highest BCUT2D eigenvalue weighted by atomic mass is 16.2. The molecule has 0 aromatic heterocycles. The molecular formula is C14H16N2O3. The highest BCUT2D eigenvalue weighted by molar-refractivity contribution is 6.01. The van der Waals surface area contributed by atoms with Gasteiger partial charge in [0.2, 0.25) is 11.8 Å². The molecule has 2 rings (SSSR count). The van der Waals surface area contributed by atoms with E-state index in [1.165, 1.54) is 9.80 Å². The van der Waals surface area contributed by atoms with Gasteiger partial charge in [0.1, 0.15) is 6.54 Å². The van der Waals surface area contributed by atoms with Crippen LogP contribution in [0.15, 0.2) is 24.3 Å². The van der Waals surface area contributed by atoms with E-state index < -0.39 is 0 Å². The zero-order chi connectivity index (χ0) is 14.0. The van der Waals surface area contributed by atoms with Crippen molar-refractivity contribution in [3.8, 4) is 0 Å². The summed E-state index contributed by atoms with van der Waals surface area (Å²) in [6, 6.07) is 7.18. The van der Waals surface area contributed by atoms with Gasteiger partial charge in [0.15, 0.2) is 5.78 Å². The number of benzene rings is 1. The molecule has 5 nitrogen and oxygen atoms in total. The lowest BCUT2D eigenvalue weighted by Gasteiger charge is -2.31. The van der Waals surface area contributed by atoms with Crippen LogP contribution in [0.5, 0.6) is 0 Å². The maximum absolute atomic E-state index is 12.0. The topological polar surface area (TPSA) is 57.7 Å². The molecule has 0 saturated carbocycles. The van der Waals surface area contributed by atoms with Crippen LogP contribution in [0.25, 0.3) is 0 Å². The normalized spacial score (nSPS) is 15.9. The van der Waals surface area contributed by atoms with E-state index >= 15 is 0 Å². The quantitative estimate of drug-likeness (QED) is 0.743. The van der Waals surface area contributed by atoms with Gasteiger partial charge >= 0.3 is 0 Å². The third-order valence-corrected chi connectivity index (χ3v) is 3.19. The lowest BCUT2D eigenvalue weighted by atomic mass is 10.1. The zero-order valence-corrected chi connectivity index (χ0v) is 11.0. The van der Waals surface area contributed by atoms with Gasteiger partial charge in [0.25, 0.3) is 0 Å². The molecule has 0 aliphatic carbocycles. The Morgan fingerprint density at radius 3 is 2.37 bits per heavy atom. The third kappa shape index (κ3) is 2.99. The largest absolute Gasteiger partial charge is 0.335 e. The molecule has 19 heavy (non-hydrogen) atoms. The fourth-order valence-corrected chi connectivity index (χ4v) is 1.91. The van der Waals surface area contributed by atoms with Gasteiger partial charge in [0, 0.05) is 12.6 Å². The highest BCUT2D eigenvalue weighted by Crippen LogP contribution is 2.08. The number of hydrogen-bond acceptors (Lipinski definition) is 3. The van der Waals surface area contributed by atoms with Crippen molar-refractivity contribution in [1.29, 1.82) is 0 Å². The van der Waals surface area contributed by atoms with Crippen LogP contribution >= 0.6 is 0 Å². The number of rotatable bonds is 3. The number of carbonyl (C=O) groups is 3. The second-order valence-electron chi connectivity index (χ2n) is 4.79. The first kappa shape index (κ1) is 13.3. The summed E-state index contributed by atoms with van der Waals surface area (Å²) in [5.74, 6) is -0.482. The van der Waals surface area contributed by atoms with Gasteiger partial charge in [-0.05, 0) is 6.92 Å². The van der Waals surface area contributed by atoms with E-state index in [1.807, 2.05) is 19.1 Å². The zero-order valence-electron chi connectivity index (χ0n) is 11.0. The van der Waals surface area contributed by atoms with Gasteiger partial charge in [-0.1, -0.05) is 29.8 Å². The number of ketones is 1. The molecule has 1 fully saturated rings. The van der Waals surface area contributed by atoms with Gasteiger partial charge in [-0.3, -0.25) is 14.4 Å². The molecule has 100 valence electrons. The van der Waals surface area contributed by atoms with Crippen molar-refractivity contribution in [2.24, 2.45) is 0 Å². The van der Waals surface area contributed by atoms with Crippen molar-refractivity contribution in [3.63, 3.8) is 0 Å². The van der Waals surface area contributed by atoms with Crippen molar-refractivity contribution in [1.82, 2.24) is 9.80 Å². The summed E-state index contributed by atoms with van der Waals surface area (Å²) in [5, 5.41) is 0. The average molecular weight is 260 g/mol. The second-order valence-corrected chi connectivity index (χ2v) is 4.79. The number of carbonyl (C=O) groups excluding carboxylic acids is 3. The Labute approximate surface area is 111 Å². The Kier molecular flexibility index (Phi) is 3.64. The lowest BCUT2D eigenvalue weighted by molar-refractivity contribution is -0.148. The number of likely N-dealkylation sites (N-methyl/N-ethyl adjacent to an activating group) is 1. The fourth-order valence-electron chi connectivity index (χ4n) is 1.91. The molecule has 1 aromatic carbocycles. The summed E-state index contributed by atoms with van der Waals surface area (Å²) in [7, 11) is 1.58. The predicted molar refractivity (Wildman–Crippen MR) is 69.7 cm³/mol. The fraction of sp³-hybridized carbons (Fsp3) is 0.357. The lowest BCUT2D eigenvalue weighted by Crippen LogP contribution is -2.53. The molecule has 1 saturated heterocycles. The van der Waals surface area contributed by atoms with E-state index in [9.17, 15) is 14.4 Å². The van der Waals surface area contributed by atoms with E-state index in [-0.39, 0.29) is 37.2 Å². The molecule has 1 aromatic rings. The van der Waals surface area contributed by atoms with Crippen LogP contribution in [0.2, 0.25) is 0 Å². The van der Waals surface area contributed by atoms with Crippen molar-refractivity contribution in [3.05, 3.63) is 35.4 Å². The van der Waals surface area contributed by atoms with Crippen LogP contribution < -0.4 is 0 Å². The Balaban J connectivity index is 2.04. The van der Waals surface area contributed by atoms with Crippen LogP contribution in [0.3, 0.4) is 0 Å². The number of Topliss-reactive ketones (excluding diaryl/α,β-unsaturated/α-hetero) is 1. The summed E-state index contributed by atoms with van der Waals surface area (Å²) in [4.78, 5) is 38.0. The number of nitrogens with zero attached hydrogens (tertiary/aromatic N) is 2. The first-order valence-corrected chi connectivity index (χ1v) is 6.09. The molecule has 0 bridgehead atoms. The minimum absolute atomic E-state index is 0.0209. The minimum atomic E-state index is -0.192. The van der Waals surface area contributed by atoms with Crippen LogP contribution in [0, 0.1) is 6.92 Å². The van der Waals surface area contributed by atoms with Crippen LogP contribution in [-0.2, 0) is 9.59 Å². The number of aryl methyl sites for hydroxylation is 1. The Morgan fingerprint density at radius 1 is 1.11 bits per heavy atom. The predicted octanol–water partition coefficient (Wildman–Crippen LogP) is 0.478. The van der Waals surface area contributed by atoms with Gasteiger partial charge in [-0.2, -0.15) is 0 Å². The summed E-state index contributed by atoms with van der Waals surface area (Å²) >= 11 is 0. The standard InChI is InChI=1S/C14H16N2O3/c1-10-3-5-11(6-4-10)12(17)7-16-9-13(18)15(2)8-14(16)19/h3-6H,7-9H2,1-2H3. The molecule has 2 amide bonds. The molecular weight excluding hydrogens is 244 g/mol. The second kappa shape index (κ2) is 5.22. The smallest absolute Gasteiger partial charge is 0.243 e. The SMILES string of the molecule is Cc1ccc(C(=O)CN2CC(=O)N(C)CC2=O)cc1. The van der Waals surface area contributed by atoms with Crippen LogP contribution in [0.1, 0.15) is 15.9 Å². The minimum Gasteiger partial charge on any atom is -0.335 e. The number of piperazine rings is 1. The van der Waals surface area contributed by atoms with E-state index in [0.29, 0.717) is 5.56 Å². The van der Waals surface area contributed by atoms with Crippen molar-refractivity contribution in [2.45, 2.75) is 6.92 Å². The maximum Gasteiger partial charge on any atom is 0.243 e. The molecule has 5 heteroatoms. The number of hydrogen-bond donors (Lipinski definition) is 0. The van der Waals surface area contributed by atoms with Crippen molar-refractivity contribution >= 4 is 17.6 Å². The van der Waals surface area contributed by atoms with Gasteiger partial charge < -0.3 is 9.80 Å². The molecule has 0 unspecified atom stereocenters. The molecule has 1 aliphatic heterocycles. The van der Waals surface area contributed by atoms with E-state index in [0.717, 1.165) is 5.56 Å². The molecule has 0 atom stereocenters. The van der Waals surface area contributed by atoms with Gasteiger partial charge in [-0.15, -0.1) is 0 Å². The average Bonchev–Trinajstić information content (AvgIpc) is 2.36. The summed E-state index contributed by atoms with van der Waals surface area (Å²) < 4.78 is 0. The first-order valence-electron chi connectivity index (χ1n) is 6.09. The maximum atomic E-state index is 12.0. The van der Waals surface area contributed by atoms with Crippen LogP contribution in [-0.4, -0.2) is 54.1 Å². The summed E-state index contributed by atoms with van der Waals surface area (Å²) in [5.41, 5.74) is 1.63. The Hall–Kier alpha value is -2.17. The molecule has 0 spiro atoms. The highest BCUT2D eigenvalue weighted by Gasteiger charge is 2.28. The van der Waals surface area contributed by atoms with Gasteiger partial charge in [0.05, 0.1) is 13.1 Å². The molecule has 0 radical (unpaired) electrons. The Morgan fingerprint density at radius 2 is 1.74 bits per heavy atom. The molecule has 1 aliphatic rings. The molecule has 1 heterocycles. The number of amides is 2. The first-order chi connectivity index (χ1) is 8.97. The van der Waals surface area contributed by atoms with E-state index in [1.54, 1.807) is 19.2 Å². The van der Waals surface area contributed by atoms with Crippen molar-refractivity contribution in [2.75, 3.05) is 26.7 Å². The van der Waals surface area contributed by atoms with Crippen molar-refractivity contribution < 1.29 is 14.4 Å². The summed E-state index contributed by atoms with van der Waals surface area (Å²) in [6.07, 6.45) is 0. The van der Waals surface area contributed by atoms with E-state index in [4.69, 9.17) is 0 Å². The monoisotopic (exact) mass is 260 g/mol. The Bertz CT molecular complexity index is 522. The van der Waals surface area contributed by atoms with Crippen LogP contribution in [0.4, 0.5) is 0 Å². The molecule has 0 N–H and O–H groups in total.